The minimum absolute atomic E-state index is 0.0959. The summed E-state index contributed by atoms with van der Waals surface area (Å²) in [7, 11) is 1.57. The number of alkyl carbamates (subject to hydrolysis) is 1. The molecule has 5 N–H and O–H groups in total. The van der Waals surface area contributed by atoms with Crippen LogP contribution in [0.25, 0.3) is 0 Å². The lowest BCUT2D eigenvalue weighted by atomic mass is 10.1. The Hall–Kier alpha value is -2.81. The van der Waals surface area contributed by atoms with Crippen molar-refractivity contribution in [3.63, 3.8) is 0 Å². The van der Waals surface area contributed by atoms with Crippen LogP contribution < -0.4 is 20.5 Å². The molecule has 0 saturated carbocycles. The Morgan fingerprint density at radius 1 is 1.00 bits per heavy atom. The molecule has 2 aromatic rings. The first-order valence-electron chi connectivity index (χ1n) is 10.5. The summed E-state index contributed by atoms with van der Waals surface area (Å²) in [5.74, 6) is 1.73. The molecule has 0 heterocycles. The number of nitrogens with two attached hydrogens (primary N) is 1. The molecule has 0 radical (unpaired) electrons. The summed E-state index contributed by atoms with van der Waals surface area (Å²) in [6.45, 7) is 5.04. The van der Waals surface area contributed by atoms with Gasteiger partial charge in [0.1, 0.15) is 11.4 Å². The van der Waals surface area contributed by atoms with E-state index in [2.05, 4.69) is 5.32 Å². The quantitative estimate of drug-likeness (QED) is 0.442. The van der Waals surface area contributed by atoms with Crippen LogP contribution in [0.5, 0.6) is 17.2 Å². The van der Waals surface area contributed by atoms with Crippen LogP contribution in [-0.4, -0.2) is 54.3 Å². The molecule has 0 spiro atoms. The summed E-state index contributed by atoms with van der Waals surface area (Å²) < 4.78 is 16.6. The number of aliphatic hydroxyl groups is 2. The van der Waals surface area contributed by atoms with Crippen LogP contribution in [0, 0.1) is 0 Å². The lowest BCUT2D eigenvalue weighted by molar-refractivity contribution is 0.0483. The number of nitrogens with one attached hydrogen (secondary N) is 1. The molecule has 0 bridgehead atoms. The molecule has 0 aliphatic heterocycles. The van der Waals surface area contributed by atoms with Gasteiger partial charge in [-0.3, -0.25) is 0 Å². The number of ether oxygens (including phenoxy) is 3. The van der Waals surface area contributed by atoms with Crippen LogP contribution in [0.15, 0.2) is 42.5 Å². The predicted octanol–water partition coefficient (Wildman–Crippen LogP) is 2.78. The molecule has 2 rings (SSSR count). The maximum absolute atomic E-state index is 12.0. The molecule has 0 unspecified atom stereocenters. The van der Waals surface area contributed by atoms with Crippen molar-refractivity contribution in [3.8, 4) is 17.2 Å². The highest BCUT2D eigenvalue weighted by atomic mass is 16.6. The van der Waals surface area contributed by atoms with E-state index in [1.807, 2.05) is 36.4 Å². The standard InChI is InChI=1S/C24H34N2O6/c1-24(2,3)32-23(29)26-19(15-28)12-16-5-8-20(9-6-16)31-22-13-17(11-18(25)14-27)7-10-21(22)30-4/h5-10,13,18-19,27-28H,11-12,14-15,25H2,1-4H3,(H,26,29)/t18-,19-/m0/s1. The summed E-state index contributed by atoms with van der Waals surface area (Å²) in [4.78, 5) is 12.0. The lowest BCUT2D eigenvalue weighted by Crippen LogP contribution is -2.42. The Balaban J connectivity index is 2.04. The van der Waals surface area contributed by atoms with Crippen molar-refractivity contribution >= 4 is 6.09 Å². The van der Waals surface area contributed by atoms with Crippen LogP contribution in [-0.2, 0) is 17.6 Å². The molecular weight excluding hydrogens is 412 g/mol. The third kappa shape index (κ3) is 8.37. The minimum Gasteiger partial charge on any atom is -0.493 e. The van der Waals surface area contributed by atoms with Crippen LogP contribution in [0.1, 0.15) is 31.9 Å². The largest absolute Gasteiger partial charge is 0.493 e. The van der Waals surface area contributed by atoms with Crippen LogP contribution in [0.4, 0.5) is 4.79 Å². The Labute approximate surface area is 189 Å². The molecule has 0 aliphatic carbocycles. The monoisotopic (exact) mass is 446 g/mol. The van der Waals surface area contributed by atoms with Gasteiger partial charge in [0.15, 0.2) is 11.5 Å². The SMILES string of the molecule is COc1ccc(C[C@H](N)CO)cc1Oc1ccc(C[C@@H](CO)NC(=O)OC(C)(C)C)cc1. The fourth-order valence-electron chi connectivity index (χ4n) is 3.04. The summed E-state index contributed by atoms with van der Waals surface area (Å²) in [6, 6.07) is 12.1. The van der Waals surface area contributed by atoms with Gasteiger partial charge in [-0.1, -0.05) is 18.2 Å². The molecule has 1 amide bonds. The molecular formula is C24H34N2O6. The van der Waals surface area contributed by atoms with Gasteiger partial charge in [-0.05, 0) is 69.0 Å². The van der Waals surface area contributed by atoms with E-state index in [-0.39, 0.29) is 19.3 Å². The smallest absolute Gasteiger partial charge is 0.407 e. The van der Waals surface area contributed by atoms with E-state index < -0.39 is 17.7 Å². The van der Waals surface area contributed by atoms with Gasteiger partial charge in [-0.2, -0.15) is 0 Å². The van der Waals surface area contributed by atoms with Crippen molar-refractivity contribution in [1.29, 1.82) is 0 Å². The molecule has 8 heteroatoms. The Kier molecular flexibility index (Phi) is 9.31. The van der Waals surface area contributed by atoms with E-state index in [9.17, 15) is 15.0 Å². The average molecular weight is 447 g/mol. The molecule has 0 aliphatic rings. The van der Waals surface area contributed by atoms with E-state index >= 15 is 0 Å². The number of hydrogen-bond acceptors (Lipinski definition) is 7. The van der Waals surface area contributed by atoms with Gasteiger partial charge >= 0.3 is 6.09 Å². The summed E-state index contributed by atoms with van der Waals surface area (Å²) in [6.07, 6.45) is 0.390. The predicted molar refractivity (Wildman–Crippen MR) is 122 cm³/mol. The highest BCUT2D eigenvalue weighted by Crippen LogP contribution is 2.33. The second-order valence-electron chi connectivity index (χ2n) is 8.61. The topological polar surface area (TPSA) is 123 Å². The van der Waals surface area contributed by atoms with E-state index in [1.165, 1.54) is 0 Å². The van der Waals surface area contributed by atoms with Gasteiger partial charge in [0.05, 0.1) is 26.4 Å². The fourth-order valence-corrected chi connectivity index (χ4v) is 3.04. The van der Waals surface area contributed by atoms with Crippen molar-refractivity contribution in [2.45, 2.75) is 51.3 Å². The second-order valence-corrected chi connectivity index (χ2v) is 8.61. The molecule has 2 aromatic carbocycles. The zero-order valence-corrected chi connectivity index (χ0v) is 19.1. The summed E-state index contributed by atoms with van der Waals surface area (Å²) in [5.41, 5.74) is 7.07. The number of benzene rings is 2. The molecule has 32 heavy (non-hydrogen) atoms. The third-order valence-corrected chi connectivity index (χ3v) is 4.53. The average Bonchev–Trinajstić information content (AvgIpc) is 2.73. The lowest BCUT2D eigenvalue weighted by Gasteiger charge is -2.22. The van der Waals surface area contributed by atoms with Crippen LogP contribution >= 0.6 is 0 Å². The first kappa shape index (κ1) is 25.5. The van der Waals surface area contributed by atoms with Gasteiger partial charge in [-0.25, -0.2) is 4.79 Å². The first-order chi connectivity index (χ1) is 15.1. The van der Waals surface area contributed by atoms with Crippen molar-refractivity contribution in [1.82, 2.24) is 5.32 Å². The first-order valence-corrected chi connectivity index (χ1v) is 10.5. The number of carbonyl (C=O) groups is 1. The molecule has 176 valence electrons. The highest BCUT2D eigenvalue weighted by molar-refractivity contribution is 5.68. The molecule has 0 saturated heterocycles. The molecule has 8 nitrogen and oxygen atoms in total. The van der Waals surface area contributed by atoms with E-state index in [0.29, 0.717) is 30.1 Å². The maximum Gasteiger partial charge on any atom is 0.407 e. The number of hydrogen-bond donors (Lipinski definition) is 4. The maximum atomic E-state index is 12.0. The second kappa shape index (κ2) is 11.7. The summed E-state index contributed by atoms with van der Waals surface area (Å²) >= 11 is 0. The van der Waals surface area contributed by atoms with Gasteiger partial charge in [-0.15, -0.1) is 0 Å². The number of aliphatic hydroxyl groups excluding tert-OH is 2. The van der Waals surface area contributed by atoms with Crippen molar-refractivity contribution in [2.24, 2.45) is 5.73 Å². The zero-order chi connectivity index (χ0) is 23.7. The van der Waals surface area contributed by atoms with E-state index in [1.54, 1.807) is 33.9 Å². The van der Waals surface area contributed by atoms with E-state index in [4.69, 9.17) is 19.9 Å². The van der Waals surface area contributed by atoms with Gasteiger partial charge < -0.3 is 35.5 Å². The zero-order valence-electron chi connectivity index (χ0n) is 19.1. The molecule has 0 aromatic heterocycles. The van der Waals surface area contributed by atoms with Crippen molar-refractivity contribution < 1.29 is 29.2 Å². The Bertz CT molecular complexity index is 864. The normalized spacial score (nSPS) is 13.2. The highest BCUT2D eigenvalue weighted by Gasteiger charge is 2.19. The van der Waals surface area contributed by atoms with E-state index in [0.717, 1.165) is 11.1 Å². The van der Waals surface area contributed by atoms with Gasteiger partial charge in [0, 0.05) is 6.04 Å². The number of rotatable bonds is 10. The molecule has 2 atom stereocenters. The Morgan fingerprint density at radius 2 is 1.66 bits per heavy atom. The number of methoxy groups -OCH3 is 1. The van der Waals surface area contributed by atoms with Crippen molar-refractivity contribution in [2.75, 3.05) is 20.3 Å². The van der Waals surface area contributed by atoms with Crippen LogP contribution in [0.3, 0.4) is 0 Å². The van der Waals surface area contributed by atoms with Gasteiger partial charge in [0.25, 0.3) is 0 Å². The minimum atomic E-state index is -0.607. The third-order valence-electron chi connectivity index (χ3n) is 4.53. The Morgan fingerprint density at radius 3 is 2.22 bits per heavy atom. The molecule has 0 fully saturated rings. The van der Waals surface area contributed by atoms with Gasteiger partial charge in [0.2, 0.25) is 0 Å². The summed E-state index contributed by atoms with van der Waals surface area (Å²) in [5, 5.41) is 21.5. The number of amides is 1. The van der Waals surface area contributed by atoms with Crippen molar-refractivity contribution in [3.05, 3.63) is 53.6 Å². The number of carbonyl (C=O) groups excluding carboxylic acids is 1. The van der Waals surface area contributed by atoms with Crippen LogP contribution in [0.2, 0.25) is 0 Å². The fraction of sp³-hybridized carbons (Fsp3) is 0.458.